The standard InChI is InChI=1S/C14H9ClF5N/c1-21-14(6-2-4-7(15)5-3-6)8-9(16)11(18)13(20)12(19)10(8)17/h2-5,14,21H,1H3. The minimum absolute atomic E-state index is 0.310. The van der Waals surface area contributed by atoms with Crippen molar-refractivity contribution in [1.29, 1.82) is 0 Å². The molecule has 0 fully saturated rings. The van der Waals surface area contributed by atoms with Gasteiger partial charge < -0.3 is 5.32 Å². The highest BCUT2D eigenvalue weighted by atomic mass is 35.5. The van der Waals surface area contributed by atoms with Crippen LogP contribution in [0.2, 0.25) is 5.02 Å². The van der Waals surface area contributed by atoms with Crippen LogP contribution in [0, 0.1) is 29.1 Å². The van der Waals surface area contributed by atoms with E-state index in [1.165, 1.54) is 31.3 Å². The molecule has 0 spiro atoms. The Morgan fingerprint density at radius 3 is 1.67 bits per heavy atom. The van der Waals surface area contributed by atoms with E-state index >= 15 is 0 Å². The maximum Gasteiger partial charge on any atom is 0.200 e. The van der Waals surface area contributed by atoms with Gasteiger partial charge in [-0.3, -0.25) is 0 Å². The van der Waals surface area contributed by atoms with Gasteiger partial charge in [-0.05, 0) is 24.7 Å². The first-order valence-corrected chi connectivity index (χ1v) is 6.20. The van der Waals surface area contributed by atoms with Crippen molar-refractivity contribution in [3.63, 3.8) is 0 Å². The van der Waals surface area contributed by atoms with Crippen molar-refractivity contribution in [2.24, 2.45) is 0 Å². The predicted octanol–water partition coefficient (Wildman–Crippen LogP) is 4.34. The summed E-state index contributed by atoms with van der Waals surface area (Å²) in [6.45, 7) is 0. The van der Waals surface area contributed by atoms with Crippen LogP contribution in [0.15, 0.2) is 24.3 Å². The van der Waals surface area contributed by atoms with Crippen molar-refractivity contribution in [3.05, 3.63) is 69.5 Å². The van der Waals surface area contributed by atoms with E-state index in [4.69, 9.17) is 11.6 Å². The Bertz CT molecular complexity index is 643. The molecule has 0 amide bonds. The molecule has 21 heavy (non-hydrogen) atoms. The minimum Gasteiger partial charge on any atom is -0.309 e. The quantitative estimate of drug-likeness (QED) is 0.503. The summed E-state index contributed by atoms with van der Waals surface area (Å²) in [5.74, 6) is -9.85. The fourth-order valence-electron chi connectivity index (χ4n) is 2.01. The molecular weight excluding hydrogens is 313 g/mol. The van der Waals surface area contributed by atoms with E-state index in [0.717, 1.165) is 0 Å². The average molecular weight is 322 g/mol. The van der Waals surface area contributed by atoms with Gasteiger partial charge in [0.25, 0.3) is 0 Å². The van der Waals surface area contributed by atoms with Crippen molar-refractivity contribution in [2.45, 2.75) is 6.04 Å². The predicted molar refractivity (Wildman–Crippen MR) is 68.6 cm³/mol. The topological polar surface area (TPSA) is 12.0 Å². The molecule has 112 valence electrons. The number of nitrogens with one attached hydrogen (secondary N) is 1. The molecule has 1 atom stereocenters. The Labute approximate surface area is 122 Å². The molecule has 0 heterocycles. The number of halogens is 6. The molecule has 0 aliphatic heterocycles. The maximum atomic E-state index is 13.8. The number of hydrogen-bond donors (Lipinski definition) is 1. The first kappa shape index (κ1) is 15.7. The second-order valence-corrected chi connectivity index (χ2v) is 4.69. The van der Waals surface area contributed by atoms with Gasteiger partial charge in [-0.25, -0.2) is 22.0 Å². The molecule has 1 nitrogen and oxygen atoms in total. The summed E-state index contributed by atoms with van der Waals surface area (Å²) in [7, 11) is 1.34. The lowest BCUT2D eigenvalue weighted by atomic mass is 9.97. The summed E-state index contributed by atoms with van der Waals surface area (Å²) in [5, 5.41) is 2.91. The van der Waals surface area contributed by atoms with Crippen LogP contribution in [0.4, 0.5) is 22.0 Å². The smallest absolute Gasteiger partial charge is 0.200 e. The first-order valence-electron chi connectivity index (χ1n) is 5.82. The lowest BCUT2D eigenvalue weighted by molar-refractivity contribution is 0.364. The zero-order chi connectivity index (χ0) is 15.7. The lowest BCUT2D eigenvalue weighted by Gasteiger charge is -2.19. The van der Waals surface area contributed by atoms with E-state index in [1.807, 2.05) is 0 Å². The van der Waals surface area contributed by atoms with E-state index in [-0.39, 0.29) is 0 Å². The van der Waals surface area contributed by atoms with Gasteiger partial charge in [0, 0.05) is 5.02 Å². The summed E-state index contributed by atoms with van der Waals surface area (Å²) in [6, 6.07) is 4.57. The average Bonchev–Trinajstić information content (AvgIpc) is 2.49. The van der Waals surface area contributed by atoms with Crippen LogP contribution in [-0.2, 0) is 0 Å². The second kappa shape index (κ2) is 5.99. The van der Waals surface area contributed by atoms with E-state index in [9.17, 15) is 22.0 Å². The lowest BCUT2D eigenvalue weighted by Crippen LogP contribution is -2.22. The van der Waals surface area contributed by atoms with Crippen molar-refractivity contribution in [3.8, 4) is 0 Å². The maximum absolute atomic E-state index is 13.8. The van der Waals surface area contributed by atoms with Crippen LogP contribution in [0.1, 0.15) is 17.2 Å². The van der Waals surface area contributed by atoms with Crippen molar-refractivity contribution >= 4 is 11.6 Å². The molecule has 2 rings (SSSR count). The molecule has 0 aliphatic carbocycles. The SMILES string of the molecule is CNC(c1ccc(Cl)cc1)c1c(F)c(F)c(F)c(F)c1F. The minimum atomic E-state index is -2.18. The van der Waals surface area contributed by atoms with Gasteiger partial charge in [0.15, 0.2) is 23.3 Å². The molecule has 0 saturated heterocycles. The van der Waals surface area contributed by atoms with E-state index in [0.29, 0.717) is 10.6 Å². The largest absolute Gasteiger partial charge is 0.309 e. The zero-order valence-electron chi connectivity index (χ0n) is 10.7. The fraction of sp³-hybridized carbons (Fsp3) is 0.143. The van der Waals surface area contributed by atoms with Crippen LogP contribution in [0.5, 0.6) is 0 Å². The molecule has 0 aromatic heterocycles. The number of benzene rings is 2. The highest BCUT2D eigenvalue weighted by molar-refractivity contribution is 6.30. The van der Waals surface area contributed by atoms with Gasteiger partial charge in [0.2, 0.25) is 5.82 Å². The summed E-state index contributed by atoms with van der Waals surface area (Å²) in [5.41, 5.74) is -0.624. The van der Waals surface area contributed by atoms with E-state index in [2.05, 4.69) is 5.32 Å². The zero-order valence-corrected chi connectivity index (χ0v) is 11.4. The third-order valence-corrected chi connectivity index (χ3v) is 3.28. The normalized spacial score (nSPS) is 12.5. The molecule has 0 bridgehead atoms. The van der Waals surface area contributed by atoms with Crippen LogP contribution >= 0.6 is 11.6 Å². The second-order valence-electron chi connectivity index (χ2n) is 4.26. The van der Waals surface area contributed by atoms with Crippen LogP contribution in [-0.4, -0.2) is 7.05 Å². The van der Waals surface area contributed by atoms with Crippen molar-refractivity contribution in [2.75, 3.05) is 7.05 Å². The Hall–Kier alpha value is -1.66. The summed E-state index contributed by atoms with van der Waals surface area (Å²) < 4.78 is 67.2. The van der Waals surface area contributed by atoms with Crippen LogP contribution in [0.3, 0.4) is 0 Å². The third kappa shape index (κ3) is 2.73. The highest BCUT2D eigenvalue weighted by Crippen LogP contribution is 2.31. The molecule has 2 aromatic rings. The van der Waals surface area contributed by atoms with Gasteiger partial charge in [0.1, 0.15) is 0 Å². The van der Waals surface area contributed by atoms with Gasteiger partial charge >= 0.3 is 0 Å². The van der Waals surface area contributed by atoms with Crippen molar-refractivity contribution < 1.29 is 22.0 Å². The van der Waals surface area contributed by atoms with E-state index in [1.54, 1.807) is 0 Å². The molecule has 7 heteroatoms. The van der Waals surface area contributed by atoms with Gasteiger partial charge in [-0.2, -0.15) is 0 Å². The Morgan fingerprint density at radius 2 is 1.24 bits per heavy atom. The monoisotopic (exact) mass is 321 g/mol. The molecular formula is C14H9ClF5N. The molecule has 2 aromatic carbocycles. The Kier molecular flexibility index (Phi) is 4.49. The molecule has 1 N–H and O–H groups in total. The molecule has 1 unspecified atom stereocenters. The first-order chi connectivity index (χ1) is 9.88. The van der Waals surface area contributed by atoms with Gasteiger partial charge in [-0.15, -0.1) is 0 Å². The van der Waals surface area contributed by atoms with Crippen LogP contribution in [0.25, 0.3) is 0 Å². The van der Waals surface area contributed by atoms with Crippen LogP contribution < -0.4 is 5.32 Å². The molecule has 0 saturated carbocycles. The fourth-order valence-corrected chi connectivity index (χ4v) is 2.13. The number of rotatable bonds is 3. The molecule has 0 radical (unpaired) electrons. The Balaban J connectivity index is 2.65. The number of hydrogen-bond acceptors (Lipinski definition) is 1. The Morgan fingerprint density at radius 1 is 0.810 bits per heavy atom. The van der Waals surface area contributed by atoms with Gasteiger partial charge in [-0.1, -0.05) is 23.7 Å². The molecule has 0 aliphatic rings. The van der Waals surface area contributed by atoms with Crippen molar-refractivity contribution in [1.82, 2.24) is 5.32 Å². The van der Waals surface area contributed by atoms with Gasteiger partial charge in [0.05, 0.1) is 11.6 Å². The highest BCUT2D eigenvalue weighted by Gasteiger charge is 2.30. The van der Waals surface area contributed by atoms with E-state index < -0.39 is 40.7 Å². The summed E-state index contributed by atoms with van der Waals surface area (Å²) in [6.07, 6.45) is 0. The summed E-state index contributed by atoms with van der Waals surface area (Å²) >= 11 is 5.70. The third-order valence-electron chi connectivity index (χ3n) is 3.02. The summed E-state index contributed by atoms with van der Waals surface area (Å²) in [4.78, 5) is 0.